The molecule has 2 heterocycles. The number of amides is 2. The van der Waals surface area contributed by atoms with Gasteiger partial charge in [0.2, 0.25) is 0 Å². The van der Waals surface area contributed by atoms with Crippen LogP contribution < -0.4 is 0 Å². The van der Waals surface area contributed by atoms with Crippen molar-refractivity contribution in [2.75, 3.05) is 13.2 Å². The second kappa shape index (κ2) is 7.62. The molecule has 0 atom stereocenters. The van der Waals surface area contributed by atoms with E-state index in [0.29, 0.717) is 16.5 Å². The van der Waals surface area contributed by atoms with Gasteiger partial charge in [0.25, 0.3) is 11.8 Å². The van der Waals surface area contributed by atoms with Crippen LogP contribution in [0.2, 0.25) is 5.02 Å². The number of aliphatic hydroxyl groups is 1. The topological polar surface area (TPSA) is 94.5 Å². The number of hydrogen-bond donors (Lipinski definition) is 1. The van der Waals surface area contributed by atoms with Gasteiger partial charge < -0.3 is 9.52 Å². The van der Waals surface area contributed by atoms with Crippen molar-refractivity contribution >= 4 is 29.5 Å². The summed E-state index contributed by atoms with van der Waals surface area (Å²) in [5, 5.41) is 19.0. The Morgan fingerprint density at radius 2 is 1.89 bits per heavy atom. The third-order valence-corrected chi connectivity index (χ3v) is 4.44. The van der Waals surface area contributed by atoms with Gasteiger partial charge in [-0.05, 0) is 55.0 Å². The summed E-state index contributed by atoms with van der Waals surface area (Å²) in [5.41, 5.74) is 1.16. The van der Waals surface area contributed by atoms with Gasteiger partial charge in [-0.25, -0.2) is 0 Å². The lowest BCUT2D eigenvalue weighted by atomic mass is 9.95. The number of aliphatic hydroxyl groups excluding tert-OH is 1. The normalized spacial score (nSPS) is 16.2. The van der Waals surface area contributed by atoms with E-state index in [1.54, 1.807) is 31.2 Å². The molecular formula is C20H15ClN2O4. The number of carbonyl (C=O) groups excluding carboxylic acids is 2. The summed E-state index contributed by atoms with van der Waals surface area (Å²) in [6, 6.07) is 12.4. The Balaban J connectivity index is 2.01. The van der Waals surface area contributed by atoms with Crippen LogP contribution in [-0.4, -0.2) is 35.0 Å². The minimum Gasteiger partial charge on any atom is -0.457 e. The van der Waals surface area contributed by atoms with Gasteiger partial charge in [0.05, 0.1) is 13.2 Å². The van der Waals surface area contributed by atoms with Crippen LogP contribution in [0.3, 0.4) is 0 Å². The number of carbonyl (C=O) groups is 2. The highest BCUT2D eigenvalue weighted by molar-refractivity contribution is 6.30. The average molecular weight is 383 g/mol. The molecular weight excluding hydrogens is 368 g/mol. The molecule has 0 radical (unpaired) electrons. The minimum absolute atomic E-state index is 0.126. The molecule has 0 fully saturated rings. The number of β-amino-alcohol motifs (C(OH)–C–C–N with tert-alkyl or cyclic N) is 1. The van der Waals surface area contributed by atoms with Gasteiger partial charge in [-0.2, -0.15) is 5.26 Å². The Kier molecular flexibility index (Phi) is 5.26. The van der Waals surface area contributed by atoms with Crippen LogP contribution >= 0.6 is 11.6 Å². The lowest BCUT2D eigenvalue weighted by molar-refractivity contribution is -0.140. The number of nitriles is 1. The highest BCUT2D eigenvalue weighted by Crippen LogP contribution is 2.29. The van der Waals surface area contributed by atoms with Crippen molar-refractivity contribution in [3.63, 3.8) is 0 Å². The molecule has 0 bridgehead atoms. The van der Waals surface area contributed by atoms with E-state index in [4.69, 9.17) is 21.1 Å². The molecule has 1 aromatic carbocycles. The molecule has 0 spiro atoms. The summed E-state index contributed by atoms with van der Waals surface area (Å²) in [6.07, 6.45) is 1.49. The average Bonchev–Trinajstić information content (AvgIpc) is 3.12. The fourth-order valence-corrected chi connectivity index (χ4v) is 2.90. The van der Waals surface area contributed by atoms with Crippen LogP contribution in [0.1, 0.15) is 12.7 Å². The van der Waals surface area contributed by atoms with Crippen LogP contribution in [0.4, 0.5) is 0 Å². The smallest absolute Gasteiger partial charge is 0.271 e. The molecule has 136 valence electrons. The van der Waals surface area contributed by atoms with Gasteiger partial charge in [-0.3, -0.25) is 14.5 Å². The van der Waals surface area contributed by atoms with Crippen LogP contribution in [0.15, 0.2) is 57.5 Å². The lowest BCUT2D eigenvalue weighted by Crippen LogP contribution is -2.44. The number of furan rings is 1. The third kappa shape index (κ3) is 3.56. The molecule has 3 rings (SSSR count). The Labute approximate surface area is 160 Å². The van der Waals surface area contributed by atoms with Crippen molar-refractivity contribution in [2.45, 2.75) is 6.92 Å². The van der Waals surface area contributed by atoms with Crippen molar-refractivity contribution in [2.24, 2.45) is 0 Å². The number of benzene rings is 1. The zero-order valence-corrected chi connectivity index (χ0v) is 15.2. The summed E-state index contributed by atoms with van der Waals surface area (Å²) in [4.78, 5) is 25.7. The third-order valence-electron chi connectivity index (χ3n) is 4.19. The van der Waals surface area contributed by atoms with Gasteiger partial charge in [-0.15, -0.1) is 0 Å². The largest absolute Gasteiger partial charge is 0.457 e. The fourth-order valence-electron chi connectivity index (χ4n) is 2.77. The summed E-state index contributed by atoms with van der Waals surface area (Å²) >= 11 is 5.88. The van der Waals surface area contributed by atoms with Gasteiger partial charge in [0.15, 0.2) is 0 Å². The molecule has 1 aliphatic rings. The van der Waals surface area contributed by atoms with Gasteiger partial charge in [0.1, 0.15) is 23.2 Å². The van der Waals surface area contributed by atoms with Crippen molar-refractivity contribution in [3.8, 4) is 17.4 Å². The first-order chi connectivity index (χ1) is 13.0. The summed E-state index contributed by atoms with van der Waals surface area (Å²) < 4.78 is 5.77. The van der Waals surface area contributed by atoms with E-state index in [9.17, 15) is 14.9 Å². The van der Waals surface area contributed by atoms with Gasteiger partial charge in [0, 0.05) is 16.2 Å². The second-order valence-corrected chi connectivity index (χ2v) is 6.30. The zero-order chi connectivity index (χ0) is 19.6. The first-order valence-corrected chi connectivity index (χ1v) is 8.50. The molecule has 2 aromatic rings. The zero-order valence-electron chi connectivity index (χ0n) is 14.4. The van der Waals surface area contributed by atoms with Crippen molar-refractivity contribution in [1.29, 1.82) is 5.26 Å². The SMILES string of the molecule is CC1=C(C#N)C(=O)N(CCO)C(=O)/C1=C\c1ccc(-c2ccc(Cl)cc2)o1. The Bertz CT molecular complexity index is 1010. The number of halogens is 1. The highest BCUT2D eigenvalue weighted by atomic mass is 35.5. The number of hydrogen-bond acceptors (Lipinski definition) is 5. The molecule has 0 unspecified atom stereocenters. The quantitative estimate of drug-likeness (QED) is 0.647. The Morgan fingerprint density at radius 3 is 2.52 bits per heavy atom. The molecule has 0 saturated carbocycles. The monoisotopic (exact) mass is 382 g/mol. The molecule has 1 aliphatic heterocycles. The molecule has 2 amide bonds. The van der Waals surface area contributed by atoms with Crippen LogP contribution in [0, 0.1) is 11.3 Å². The van der Waals surface area contributed by atoms with E-state index in [1.807, 2.05) is 18.2 Å². The van der Waals surface area contributed by atoms with E-state index >= 15 is 0 Å². The summed E-state index contributed by atoms with van der Waals surface area (Å²) in [5.74, 6) is -0.284. The Morgan fingerprint density at radius 1 is 1.19 bits per heavy atom. The van der Waals surface area contributed by atoms with E-state index in [1.165, 1.54) is 6.08 Å². The molecule has 0 aliphatic carbocycles. The van der Waals surface area contributed by atoms with E-state index in [2.05, 4.69) is 0 Å². The standard InChI is InChI=1S/C20H15ClN2O4/c1-12-16(19(25)23(8-9-24)20(26)17(12)11-22)10-15-6-7-18(27-15)13-2-4-14(21)5-3-13/h2-7,10,24H,8-9H2,1H3/b16-10-. The molecule has 1 aromatic heterocycles. The van der Waals surface area contributed by atoms with Gasteiger partial charge >= 0.3 is 0 Å². The first kappa shape index (κ1) is 18.6. The van der Waals surface area contributed by atoms with Crippen molar-refractivity contribution in [3.05, 3.63) is 63.9 Å². The second-order valence-electron chi connectivity index (χ2n) is 5.86. The van der Waals surface area contributed by atoms with Crippen molar-refractivity contribution in [1.82, 2.24) is 4.90 Å². The Hall–Kier alpha value is -3.14. The molecule has 1 N–H and O–H groups in total. The maximum Gasteiger partial charge on any atom is 0.271 e. The lowest BCUT2D eigenvalue weighted by Gasteiger charge is -2.26. The summed E-state index contributed by atoms with van der Waals surface area (Å²) in [7, 11) is 0. The fraction of sp³-hybridized carbons (Fsp3) is 0.150. The van der Waals surface area contributed by atoms with E-state index < -0.39 is 11.8 Å². The maximum atomic E-state index is 12.6. The maximum absolute atomic E-state index is 12.6. The van der Waals surface area contributed by atoms with E-state index in [-0.39, 0.29) is 29.9 Å². The molecule has 27 heavy (non-hydrogen) atoms. The molecule has 6 nitrogen and oxygen atoms in total. The number of rotatable bonds is 4. The molecule has 7 heteroatoms. The minimum atomic E-state index is -0.701. The molecule has 0 saturated heterocycles. The van der Waals surface area contributed by atoms with Gasteiger partial charge in [-0.1, -0.05) is 11.6 Å². The van der Waals surface area contributed by atoms with Crippen LogP contribution in [0.5, 0.6) is 0 Å². The van der Waals surface area contributed by atoms with Crippen LogP contribution in [0.25, 0.3) is 17.4 Å². The van der Waals surface area contributed by atoms with Crippen LogP contribution in [-0.2, 0) is 9.59 Å². The predicted octanol–water partition coefficient (Wildman–Crippen LogP) is 3.18. The van der Waals surface area contributed by atoms with Crippen molar-refractivity contribution < 1.29 is 19.1 Å². The number of nitrogens with zero attached hydrogens (tertiary/aromatic N) is 2. The summed E-state index contributed by atoms with van der Waals surface area (Å²) in [6.45, 7) is 0.977. The number of imide groups is 1. The first-order valence-electron chi connectivity index (χ1n) is 8.12. The highest BCUT2D eigenvalue weighted by Gasteiger charge is 2.35. The predicted molar refractivity (Wildman–Crippen MR) is 99.2 cm³/mol. The van der Waals surface area contributed by atoms with E-state index in [0.717, 1.165) is 10.5 Å².